The average molecular weight is 287 g/mol. The third kappa shape index (κ3) is 3.18. The molecule has 0 spiro atoms. The van der Waals surface area contributed by atoms with Crippen molar-refractivity contribution in [2.24, 2.45) is 0 Å². The van der Waals surface area contributed by atoms with Crippen molar-refractivity contribution in [3.05, 3.63) is 36.0 Å². The molecular weight excluding hydrogens is 270 g/mol. The van der Waals surface area contributed by atoms with Gasteiger partial charge in [-0.1, -0.05) is 5.16 Å². The molecule has 110 valence electrons. The van der Waals surface area contributed by atoms with E-state index in [2.05, 4.69) is 25.3 Å². The molecule has 3 heterocycles. The number of carbonyl (C=O) groups excluding carboxylic acids is 1. The topological polar surface area (TPSA) is 84.2 Å². The number of rotatable bonds is 3. The van der Waals surface area contributed by atoms with Gasteiger partial charge in [-0.15, -0.1) is 0 Å². The first-order chi connectivity index (χ1) is 10.2. The summed E-state index contributed by atoms with van der Waals surface area (Å²) in [5.41, 5.74) is 0.697. The fraction of sp³-hybridized carbons (Fsp3) is 0.429. The molecule has 2 aromatic heterocycles. The molecule has 0 unspecified atom stereocenters. The number of nitrogens with zero attached hydrogens (tertiary/aromatic N) is 4. The number of anilines is 1. The summed E-state index contributed by atoms with van der Waals surface area (Å²) < 4.78 is 4.98. The molecule has 1 saturated heterocycles. The van der Waals surface area contributed by atoms with Gasteiger partial charge in [-0.25, -0.2) is 9.97 Å². The lowest BCUT2D eigenvalue weighted by molar-refractivity contribution is 0.0895. The first-order valence-electron chi connectivity index (χ1n) is 6.98. The van der Waals surface area contributed by atoms with Crippen molar-refractivity contribution in [2.75, 3.05) is 18.0 Å². The highest BCUT2D eigenvalue weighted by Gasteiger charge is 2.24. The van der Waals surface area contributed by atoms with Gasteiger partial charge in [0.1, 0.15) is 0 Å². The van der Waals surface area contributed by atoms with Gasteiger partial charge < -0.3 is 14.7 Å². The van der Waals surface area contributed by atoms with Crippen LogP contribution in [-0.4, -0.2) is 40.2 Å². The van der Waals surface area contributed by atoms with Gasteiger partial charge in [-0.2, -0.15) is 0 Å². The number of aryl methyl sites for hydroxylation is 1. The standard InChI is InChI=1S/C14H17N5O2/c1-10-8-12(21-18-10)13(20)17-11-4-2-7-19(9-11)14-15-5-3-6-16-14/h3,5-6,8,11H,2,4,7,9H2,1H3,(H,17,20)/t11-/m0/s1. The second-order valence-corrected chi connectivity index (χ2v) is 5.14. The van der Waals surface area contributed by atoms with Crippen LogP contribution in [-0.2, 0) is 0 Å². The van der Waals surface area contributed by atoms with Gasteiger partial charge in [-0.05, 0) is 25.8 Å². The van der Waals surface area contributed by atoms with Crippen molar-refractivity contribution in [1.29, 1.82) is 0 Å². The molecule has 21 heavy (non-hydrogen) atoms. The Morgan fingerprint density at radius 2 is 2.24 bits per heavy atom. The van der Waals surface area contributed by atoms with Gasteiger partial charge in [0.2, 0.25) is 11.7 Å². The second-order valence-electron chi connectivity index (χ2n) is 5.14. The molecule has 0 aromatic carbocycles. The minimum atomic E-state index is -0.226. The number of piperidine rings is 1. The van der Waals surface area contributed by atoms with Crippen LogP contribution in [0.4, 0.5) is 5.95 Å². The zero-order chi connectivity index (χ0) is 14.7. The first kappa shape index (κ1) is 13.5. The third-order valence-electron chi connectivity index (χ3n) is 3.44. The minimum absolute atomic E-state index is 0.0560. The van der Waals surface area contributed by atoms with E-state index in [0.717, 1.165) is 19.4 Å². The van der Waals surface area contributed by atoms with E-state index in [1.165, 1.54) is 0 Å². The van der Waals surface area contributed by atoms with Crippen molar-refractivity contribution in [2.45, 2.75) is 25.8 Å². The third-order valence-corrected chi connectivity index (χ3v) is 3.44. The van der Waals surface area contributed by atoms with Crippen molar-refractivity contribution >= 4 is 11.9 Å². The smallest absolute Gasteiger partial charge is 0.290 e. The Morgan fingerprint density at radius 1 is 1.43 bits per heavy atom. The highest BCUT2D eigenvalue weighted by atomic mass is 16.5. The monoisotopic (exact) mass is 287 g/mol. The van der Waals surface area contributed by atoms with Crippen molar-refractivity contribution in [1.82, 2.24) is 20.4 Å². The van der Waals surface area contributed by atoms with E-state index in [-0.39, 0.29) is 17.7 Å². The van der Waals surface area contributed by atoms with E-state index in [1.807, 2.05) is 0 Å². The van der Waals surface area contributed by atoms with Crippen LogP contribution in [0.2, 0.25) is 0 Å². The fourth-order valence-corrected chi connectivity index (χ4v) is 2.46. The Balaban J connectivity index is 1.62. The molecule has 0 aliphatic carbocycles. The van der Waals surface area contributed by atoms with Crippen molar-refractivity contribution in [3.63, 3.8) is 0 Å². The van der Waals surface area contributed by atoms with Gasteiger partial charge in [0.25, 0.3) is 5.91 Å². The van der Waals surface area contributed by atoms with Crippen LogP contribution < -0.4 is 10.2 Å². The van der Waals surface area contributed by atoms with E-state index in [1.54, 1.807) is 31.5 Å². The second kappa shape index (κ2) is 5.90. The molecule has 2 aromatic rings. The summed E-state index contributed by atoms with van der Waals surface area (Å²) in [4.78, 5) is 22.7. The number of nitrogens with one attached hydrogen (secondary N) is 1. The highest BCUT2D eigenvalue weighted by Crippen LogP contribution is 2.15. The Hall–Kier alpha value is -2.44. The van der Waals surface area contributed by atoms with Gasteiger partial charge in [0.05, 0.1) is 5.69 Å². The van der Waals surface area contributed by atoms with Crippen molar-refractivity contribution < 1.29 is 9.32 Å². The lowest BCUT2D eigenvalue weighted by atomic mass is 10.1. The van der Waals surface area contributed by atoms with Crippen LogP contribution in [0.1, 0.15) is 29.1 Å². The predicted molar refractivity (Wildman–Crippen MR) is 76.0 cm³/mol. The molecule has 1 fully saturated rings. The molecule has 1 atom stereocenters. The highest BCUT2D eigenvalue weighted by molar-refractivity contribution is 5.91. The lowest BCUT2D eigenvalue weighted by Crippen LogP contribution is -2.48. The van der Waals surface area contributed by atoms with Crippen LogP contribution in [0, 0.1) is 6.92 Å². The van der Waals surface area contributed by atoms with Crippen LogP contribution in [0.5, 0.6) is 0 Å². The van der Waals surface area contributed by atoms with Gasteiger partial charge >= 0.3 is 0 Å². The molecule has 1 N–H and O–H groups in total. The molecule has 1 aliphatic heterocycles. The zero-order valence-electron chi connectivity index (χ0n) is 11.8. The number of hydrogen-bond donors (Lipinski definition) is 1. The van der Waals surface area contributed by atoms with Crippen LogP contribution in [0.15, 0.2) is 29.0 Å². The molecule has 1 aliphatic rings. The molecule has 1 amide bonds. The molecule has 0 bridgehead atoms. The summed E-state index contributed by atoms with van der Waals surface area (Å²) in [5.74, 6) is 0.726. The Morgan fingerprint density at radius 3 is 2.95 bits per heavy atom. The Labute approximate surface area is 122 Å². The molecule has 7 nitrogen and oxygen atoms in total. The van der Waals surface area contributed by atoms with E-state index >= 15 is 0 Å². The molecule has 0 radical (unpaired) electrons. The maximum atomic E-state index is 12.1. The number of aromatic nitrogens is 3. The summed E-state index contributed by atoms with van der Waals surface area (Å²) >= 11 is 0. The molecular formula is C14H17N5O2. The van der Waals surface area contributed by atoms with E-state index < -0.39 is 0 Å². The van der Waals surface area contributed by atoms with Gasteiger partial charge in [-0.3, -0.25) is 4.79 Å². The van der Waals surface area contributed by atoms with Gasteiger partial charge in [0, 0.05) is 37.6 Å². The first-order valence-corrected chi connectivity index (χ1v) is 6.98. The van der Waals surface area contributed by atoms with Crippen LogP contribution in [0.25, 0.3) is 0 Å². The number of carbonyl (C=O) groups is 1. The fourth-order valence-electron chi connectivity index (χ4n) is 2.46. The van der Waals surface area contributed by atoms with E-state index in [4.69, 9.17) is 4.52 Å². The zero-order valence-corrected chi connectivity index (χ0v) is 11.8. The number of amides is 1. The summed E-state index contributed by atoms with van der Waals surface area (Å²) in [6, 6.07) is 3.48. The Bertz CT molecular complexity index is 613. The van der Waals surface area contributed by atoms with Crippen LogP contribution >= 0.6 is 0 Å². The van der Waals surface area contributed by atoms with E-state index in [0.29, 0.717) is 18.2 Å². The number of hydrogen-bond acceptors (Lipinski definition) is 6. The average Bonchev–Trinajstić information content (AvgIpc) is 2.95. The summed E-state index contributed by atoms with van der Waals surface area (Å²) in [6.45, 7) is 3.38. The molecule has 3 rings (SSSR count). The van der Waals surface area contributed by atoms with Gasteiger partial charge in [0.15, 0.2) is 0 Å². The maximum absolute atomic E-state index is 12.1. The largest absolute Gasteiger partial charge is 0.351 e. The molecule has 0 saturated carbocycles. The molecule has 7 heteroatoms. The predicted octanol–water partition coefficient (Wildman–Crippen LogP) is 1.17. The lowest BCUT2D eigenvalue weighted by Gasteiger charge is -2.32. The summed E-state index contributed by atoms with van der Waals surface area (Å²) in [7, 11) is 0. The summed E-state index contributed by atoms with van der Waals surface area (Å²) in [6.07, 6.45) is 5.37. The normalized spacial score (nSPS) is 18.5. The Kier molecular flexibility index (Phi) is 3.81. The SMILES string of the molecule is Cc1cc(C(=O)N[C@H]2CCCN(c3ncccn3)C2)on1. The van der Waals surface area contributed by atoms with E-state index in [9.17, 15) is 4.79 Å². The quantitative estimate of drug-likeness (QED) is 0.912. The van der Waals surface area contributed by atoms with Crippen molar-refractivity contribution in [3.8, 4) is 0 Å². The minimum Gasteiger partial charge on any atom is -0.351 e. The maximum Gasteiger partial charge on any atom is 0.290 e. The van der Waals surface area contributed by atoms with Crippen LogP contribution in [0.3, 0.4) is 0 Å². The summed E-state index contributed by atoms with van der Waals surface area (Å²) in [5, 5.41) is 6.71.